The van der Waals surface area contributed by atoms with E-state index in [0.29, 0.717) is 38.3 Å². The molecule has 30 heavy (non-hydrogen) atoms. The van der Waals surface area contributed by atoms with Crippen LogP contribution < -0.4 is 5.32 Å². The Kier molecular flexibility index (Phi) is 5.08. The fourth-order valence-corrected chi connectivity index (χ4v) is 3.89. The molecule has 0 aliphatic heterocycles. The predicted octanol–water partition coefficient (Wildman–Crippen LogP) is 5.24. The van der Waals surface area contributed by atoms with E-state index in [1.165, 1.54) is 30.5 Å². The Balaban J connectivity index is 1.84. The van der Waals surface area contributed by atoms with Crippen molar-refractivity contribution in [2.75, 3.05) is 5.32 Å². The highest BCUT2D eigenvalue weighted by Crippen LogP contribution is 2.41. The topological polar surface area (TPSA) is 83.6 Å². The van der Waals surface area contributed by atoms with Crippen molar-refractivity contribution >= 4 is 23.1 Å². The van der Waals surface area contributed by atoms with E-state index in [-0.39, 0.29) is 5.91 Å². The van der Waals surface area contributed by atoms with Gasteiger partial charge >= 0.3 is 6.18 Å². The molecule has 3 aromatic heterocycles. The Hall–Kier alpha value is -3.53. The molecule has 0 aliphatic rings. The molecule has 0 atom stereocenters. The van der Waals surface area contributed by atoms with E-state index in [9.17, 15) is 18.0 Å². The van der Waals surface area contributed by atoms with Gasteiger partial charge in [0.2, 0.25) is 5.91 Å². The number of pyridine rings is 1. The van der Waals surface area contributed by atoms with E-state index < -0.39 is 11.7 Å². The molecule has 4 aromatic rings. The van der Waals surface area contributed by atoms with Crippen LogP contribution in [0.25, 0.3) is 32.5 Å². The average Bonchev–Trinajstić information content (AvgIpc) is 3.37. The molecule has 6 nitrogen and oxygen atoms in total. The maximum Gasteiger partial charge on any atom is 0.416 e. The van der Waals surface area contributed by atoms with Crippen LogP contribution in [-0.2, 0) is 11.0 Å². The molecule has 0 saturated carbocycles. The Morgan fingerprint density at radius 3 is 2.63 bits per heavy atom. The van der Waals surface area contributed by atoms with Crippen molar-refractivity contribution in [3.05, 3.63) is 60.6 Å². The first kappa shape index (κ1) is 19.8. The number of imidazole rings is 1. The number of nitrogens with zero attached hydrogens (tertiary/aromatic N) is 3. The van der Waals surface area contributed by atoms with E-state index in [1.54, 1.807) is 30.6 Å². The number of carbonyl (C=O) groups excluding carboxylic acids is 1. The van der Waals surface area contributed by atoms with Gasteiger partial charge in [0.25, 0.3) is 0 Å². The first-order valence-electron chi connectivity index (χ1n) is 8.73. The van der Waals surface area contributed by atoms with E-state index >= 15 is 0 Å². The smallest absolute Gasteiger partial charge is 0.344 e. The van der Waals surface area contributed by atoms with Gasteiger partial charge in [-0.25, -0.2) is 15.0 Å². The normalized spacial score (nSPS) is 11.5. The molecule has 0 spiro atoms. The second kappa shape index (κ2) is 7.71. The molecule has 3 heterocycles. The van der Waals surface area contributed by atoms with Gasteiger partial charge in [0.1, 0.15) is 16.6 Å². The van der Waals surface area contributed by atoms with Crippen molar-refractivity contribution in [2.24, 2.45) is 0 Å². The van der Waals surface area contributed by atoms with Gasteiger partial charge in [-0.2, -0.15) is 13.2 Å². The number of alkyl halides is 3. The molecular formula is C20H14F3N5OS. The third-order valence-electron chi connectivity index (χ3n) is 4.11. The van der Waals surface area contributed by atoms with Crippen LogP contribution in [0, 0.1) is 0 Å². The molecule has 4 rings (SSSR count). The van der Waals surface area contributed by atoms with Crippen molar-refractivity contribution in [1.29, 1.82) is 0 Å². The largest absolute Gasteiger partial charge is 0.416 e. The fourth-order valence-electron chi connectivity index (χ4n) is 2.84. The molecule has 10 heteroatoms. The summed E-state index contributed by atoms with van der Waals surface area (Å²) in [5.74, 6) is 0.595. The summed E-state index contributed by atoms with van der Waals surface area (Å²) in [7, 11) is 0. The van der Waals surface area contributed by atoms with Crippen LogP contribution in [0.2, 0.25) is 0 Å². The van der Waals surface area contributed by atoms with Gasteiger partial charge in [-0.05, 0) is 24.3 Å². The maximum atomic E-state index is 13.2. The minimum absolute atomic E-state index is 0.264. The van der Waals surface area contributed by atoms with Gasteiger partial charge in [0, 0.05) is 36.6 Å². The van der Waals surface area contributed by atoms with Crippen molar-refractivity contribution in [3.63, 3.8) is 0 Å². The van der Waals surface area contributed by atoms with Crippen molar-refractivity contribution in [2.45, 2.75) is 13.1 Å². The minimum Gasteiger partial charge on any atom is -0.344 e. The molecule has 0 unspecified atom stereocenters. The zero-order valence-corrected chi connectivity index (χ0v) is 16.3. The number of aromatic amines is 1. The lowest BCUT2D eigenvalue weighted by molar-refractivity contribution is -0.137. The van der Waals surface area contributed by atoms with Gasteiger partial charge in [-0.1, -0.05) is 12.1 Å². The first-order chi connectivity index (χ1) is 14.3. The number of anilines is 1. The minimum atomic E-state index is -4.46. The molecule has 0 saturated heterocycles. The second-order valence-corrected chi connectivity index (χ2v) is 7.32. The Bertz CT molecular complexity index is 1200. The van der Waals surface area contributed by atoms with E-state index in [2.05, 4.69) is 25.3 Å². The van der Waals surface area contributed by atoms with E-state index in [0.717, 1.165) is 12.1 Å². The van der Waals surface area contributed by atoms with E-state index in [4.69, 9.17) is 0 Å². The SMILES string of the molecule is CC(=O)Nc1cc(-c2nc(-c3cccc(C(F)(F)F)c3)c(-c3ncc[nH]3)s2)ccn1. The van der Waals surface area contributed by atoms with Crippen molar-refractivity contribution < 1.29 is 18.0 Å². The van der Waals surface area contributed by atoms with Gasteiger partial charge in [-0.15, -0.1) is 11.3 Å². The second-order valence-electron chi connectivity index (χ2n) is 6.32. The number of thiazole rings is 1. The molecule has 2 N–H and O–H groups in total. The summed E-state index contributed by atoms with van der Waals surface area (Å²) >= 11 is 1.28. The van der Waals surface area contributed by atoms with Crippen LogP contribution in [0.5, 0.6) is 0 Å². The lowest BCUT2D eigenvalue weighted by Crippen LogP contribution is -2.07. The molecule has 0 radical (unpaired) electrons. The molecule has 1 amide bonds. The van der Waals surface area contributed by atoms with Gasteiger partial charge in [-0.3, -0.25) is 4.79 Å². The summed E-state index contributed by atoms with van der Waals surface area (Å²) in [5, 5.41) is 3.16. The number of hydrogen-bond acceptors (Lipinski definition) is 5. The summed E-state index contributed by atoms with van der Waals surface area (Å²) in [5.41, 5.74) is 0.630. The molecule has 0 bridgehead atoms. The highest BCUT2D eigenvalue weighted by molar-refractivity contribution is 7.18. The number of aromatic nitrogens is 4. The lowest BCUT2D eigenvalue weighted by Gasteiger charge is -2.08. The van der Waals surface area contributed by atoms with Gasteiger partial charge < -0.3 is 10.3 Å². The highest BCUT2D eigenvalue weighted by Gasteiger charge is 2.31. The lowest BCUT2D eigenvalue weighted by atomic mass is 10.1. The van der Waals surface area contributed by atoms with Gasteiger partial charge in [0.05, 0.1) is 16.1 Å². The number of rotatable bonds is 4. The standard InChI is InChI=1S/C20H14F3N5OS/c1-11(29)27-15-10-13(5-6-24-15)19-28-16(17(30-19)18-25-7-8-26-18)12-3-2-4-14(9-12)20(21,22)23/h2-10H,1H3,(H,25,26)(H,24,27,29). The number of carbonyl (C=O) groups is 1. The van der Waals surface area contributed by atoms with Crippen LogP contribution >= 0.6 is 11.3 Å². The van der Waals surface area contributed by atoms with Gasteiger partial charge in [0.15, 0.2) is 0 Å². The Morgan fingerprint density at radius 2 is 1.93 bits per heavy atom. The number of H-pyrrole nitrogens is 1. The Morgan fingerprint density at radius 1 is 1.10 bits per heavy atom. The van der Waals surface area contributed by atoms with Crippen LogP contribution in [0.1, 0.15) is 12.5 Å². The molecule has 0 aliphatic carbocycles. The van der Waals surface area contributed by atoms with Crippen LogP contribution in [0.4, 0.5) is 19.0 Å². The van der Waals surface area contributed by atoms with Crippen molar-refractivity contribution in [1.82, 2.24) is 19.9 Å². The molecule has 1 aromatic carbocycles. The number of nitrogens with one attached hydrogen (secondary N) is 2. The monoisotopic (exact) mass is 429 g/mol. The maximum absolute atomic E-state index is 13.2. The third kappa shape index (κ3) is 4.08. The number of halogens is 3. The third-order valence-corrected chi connectivity index (χ3v) is 5.23. The first-order valence-corrected chi connectivity index (χ1v) is 9.55. The van der Waals surface area contributed by atoms with Crippen LogP contribution in [0.15, 0.2) is 55.0 Å². The van der Waals surface area contributed by atoms with Crippen LogP contribution in [-0.4, -0.2) is 25.8 Å². The highest BCUT2D eigenvalue weighted by atomic mass is 32.1. The number of benzene rings is 1. The fraction of sp³-hybridized carbons (Fsp3) is 0.100. The molecule has 152 valence electrons. The summed E-state index contributed by atoms with van der Waals surface area (Å²) in [6.45, 7) is 1.37. The summed E-state index contributed by atoms with van der Waals surface area (Å²) in [6, 6.07) is 8.39. The zero-order valence-electron chi connectivity index (χ0n) is 15.5. The average molecular weight is 429 g/mol. The molecule has 0 fully saturated rings. The molecular weight excluding hydrogens is 415 g/mol. The summed E-state index contributed by atoms with van der Waals surface area (Å²) in [4.78, 5) is 27.8. The van der Waals surface area contributed by atoms with Crippen LogP contribution in [0.3, 0.4) is 0 Å². The number of hydrogen-bond donors (Lipinski definition) is 2. The Labute approximate surface area is 172 Å². The quantitative estimate of drug-likeness (QED) is 0.465. The van der Waals surface area contributed by atoms with E-state index in [1.807, 2.05) is 0 Å². The summed E-state index contributed by atoms with van der Waals surface area (Å²) < 4.78 is 39.6. The predicted molar refractivity (Wildman–Crippen MR) is 108 cm³/mol. The zero-order chi connectivity index (χ0) is 21.3. The summed E-state index contributed by atoms with van der Waals surface area (Å²) in [6.07, 6.45) is 0.258. The number of amides is 1. The van der Waals surface area contributed by atoms with Crippen molar-refractivity contribution in [3.8, 4) is 32.5 Å².